The fourth-order valence-corrected chi connectivity index (χ4v) is 1.30. The van der Waals surface area contributed by atoms with Gasteiger partial charge in [0.1, 0.15) is 0 Å². The summed E-state index contributed by atoms with van der Waals surface area (Å²) in [5, 5.41) is 0. The van der Waals surface area contributed by atoms with Gasteiger partial charge >= 0.3 is 0 Å². The third-order valence-electron chi connectivity index (χ3n) is 2.44. The molecule has 0 aromatic rings. The Morgan fingerprint density at radius 2 is 2.08 bits per heavy atom. The highest BCUT2D eigenvalue weighted by atomic mass is 15.1. The molecule has 2 heteroatoms. The summed E-state index contributed by atoms with van der Waals surface area (Å²) in [6.07, 6.45) is 7.33. The van der Waals surface area contributed by atoms with E-state index in [0.29, 0.717) is 0 Å². The zero-order valence-electron chi connectivity index (χ0n) is 9.46. The molecule has 0 bridgehead atoms. The molecule has 0 amide bonds. The molecule has 0 radical (unpaired) electrons. The van der Waals surface area contributed by atoms with Gasteiger partial charge in [-0.25, -0.2) is 0 Å². The summed E-state index contributed by atoms with van der Waals surface area (Å²) in [6.45, 7) is 8.33. The molecule has 0 aromatic heterocycles. The van der Waals surface area contributed by atoms with Crippen LogP contribution < -0.4 is 5.73 Å². The van der Waals surface area contributed by atoms with Crippen molar-refractivity contribution < 1.29 is 0 Å². The standard InChI is InChI=1S/C11H22N2/c1-6-8-11(4,7-2)13(5)9-10(3)12/h6,8-9H,7,12H2,1-5H3/b8-6-,10-9+/t11-/m1/s1. The Bertz CT molecular complexity index is 202. The van der Waals surface area contributed by atoms with Gasteiger partial charge in [-0.05, 0) is 27.2 Å². The van der Waals surface area contributed by atoms with Crippen molar-refractivity contribution in [3.8, 4) is 0 Å². The van der Waals surface area contributed by atoms with Gasteiger partial charge in [0.25, 0.3) is 0 Å². The van der Waals surface area contributed by atoms with Crippen LogP contribution in [0.4, 0.5) is 0 Å². The minimum Gasteiger partial charge on any atom is -0.401 e. The summed E-state index contributed by atoms with van der Waals surface area (Å²) in [5.41, 5.74) is 6.55. The molecule has 2 N–H and O–H groups in total. The Hall–Kier alpha value is -0.920. The van der Waals surface area contributed by atoms with E-state index in [1.807, 2.05) is 20.0 Å². The second kappa shape index (κ2) is 4.95. The lowest BCUT2D eigenvalue weighted by molar-refractivity contribution is 0.251. The lowest BCUT2D eigenvalue weighted by atomic mass is 9.96. The lowest BCUT2D eigenvalue weighted by Crippen LogP contribution is -2.38. The minimum absolute atomic E-state index is 0.0787. The Kier molecular flexibility index (Phi) is 4.60. The summed E-state index contributed by atoms with van der Waals surface area (Å²) in [6, 6.07) is 0. The van der Waals surface area contributed by atoms with Crippen LogP contribution in [0, 0.1) is 0 Å². The monoisotopic (exact) mass is 182 g/mol. The smallest absolute Gasteiger partial charge is 0.0545 e. The second-order valence-electron chi connectivity index (χ2n) is 3.69. The maximum atomic E-state index is 5.64. The average molecular weight is 182 g/mol. The van der Waals surface area contributed by atoms with Crippen LogP contribution in [0.3, 0.4) is 0 Å². The van der Waals surface area contributed by atoms with Crippen LogP contribution >= 0.6 is 0 Å². The zero-order chi connectivity index (χ0) is 10.5. The highest BCUT2D eigenvalue weighted by molar-refractivity contribution is 5.07. The molecule has 0 heterocycles. The van der Waals surface area contributed by atoms with E-state index in [0.717, 1.165) is 12.1 Å². The van der Waals surface area contributed by atoms with Gasteiger partial charge in [-0.3, -0.25) is 0 Å². The van der Waals surface area contributed by atoms with E-state index >= 15 is 0 Å². The molecule has 0 spiro atoms. The highest BCUT2D eigenvalue weighted by Crippen LogP contribution is 2.19. The van der Waals surface area contributed by atoms with Crippen LogP contribution in [-0.2, 0) is 0 Å². The molecule has 1 atom stereocenters. The van der Waals surface area contributed by atoms with Crippen LogP contribution in [0.25, 0.3) is 0 Å². The average Bonchev–Trinajstić information content (AvgIpc) is 2.03. The van der Waals surface area contributed by atoms with Gasteiger partial charge in [0.2, 0.25) is 0 Å². The number of nitrogens with zero attached hydrogens (tertiary/aromatic N) is 1. The molecule has 0 unspecified atom stereocenters. The van der Waals surface area contributed by atoms with E-state index in [2.05, 4.69) is 37.9 Å². The number of rotatable bonds is 4. The lowest BCUT2D eigenvalue weighted by Gasteiger charge is -2.35. The summed E-state index contributed by atoms with van der Waals surface area (Å²) >= 11 is 0. The Balaban J connectivity index is 4.66. The summed E-state index contributed by atoms with van der Waals surface area (Å²) in [5.74, 6) is 0. The molecule has 76 valence electrons. The molecule has 13 heavy (non-hydrogen) atoms. The molecule has 2 nitrogen and oxygen atoms in total. The van der Waals surface area contributed by atoms with Crippen molar-refractivity contribution in [1.82, 2.24) is 4.90 Å². The van der Waals surface area contributed by atoms with Crippen molar-refractivity contribution in [2.24, 2.45) is 5.73 Å². The fraction of sp³-hybridized carbons (Fsp3) is 0.636. The fourth-order valence-electron chi connectivity index (χ4n) is 1.30. The second-order valence-corrected chi connectivity index (χ2v) is 3.69. The minimum atomic E-state index is 0.0787. The Morgan fingerprint density at radius 3 is 2.38 bits per heavy atom. The van der Waals surface area contributed by atoms with Gasteiger partial charge < -0.3 is 10.6 Å². The van der Waals surface area contributed by atoms with Crippen LogP contribution in [0.1, 0.15) is 34.1 Å². The molecule has 0 rings (SSSR count). The Labute approximate surface area is 82.1 Å². The predicted octanol–water partition coefficient (Wildman–Crippen LogP) is 2.48. The van der Waals surface area contributed by atoms with Gasteiger partial charge in [-0.15, -0.1) is 0 Å². The molecule has 0 aliphatic rings. The van der Waals surface area contributed by atoms with E-state index in [9.17, 15) is 0 Å². The van der Waals surface area contributed by atoms with Gasteiger partial charge in [0, 0.05) is 18.9 Å². The first kappa shape index (κ1) is 12.1. The van der Waals surface area contributed by atoms with Crippen molar-refractivity contribution in [3.63, 3.8) is 0 Å². The highest BCUT2D eigenvalue weighted by Gasteiger charge is 2.21. The van der Waals surface area contributed by atoms with Crippen molar-refractivity contribution in [2.75, 3.05) is 7.05 Å². The third-order valence-corrected chi connectivity index (χ3v) is 2.44. The molecule has 0 aliphatic carbocycles. The topological polar surface area (TPSA) is 29.3 Å². The quantitative estimate of drug-likeness (QED) is 0.677. The first-order chi connectivity index (χ1) is 5.96. The number of hydrogen-bond acceptors (Lipinski definition) is 2. The van der Waals surface area contributed by atoms with Gasteiger partial charge in [0.05, 0.1) is 5.54 Å². The van der Waals surface area contributed by atoms with Crippen molar-refractivity contribution in [2.45, 2.75) is 39.7 Å². The zero-order valence-corrected chi connectivity index (χ0v) is 9.46. The summed E-state index contributed by atoms with van der Waals surface area (Å²) < 4.78 is 0. The van der Waals surface area contributed by atoms with Gasteiger partial charge in [-0.1, -0.05) is 19.1 Å². The first-order valence-corrected chi connectivity index (χ1v) is 4.77. The Morgan fingerprint density at radius 1 is 1.54 bits per heavy atom. The summed E-state index contributed by atoms with van der Waals surface area (Å²) in [4.78, 5) is 2.16. The van der Waals surface area contributed by atoms with E-state index in [4.69, 9.17) is 5.73 Å². The van der Waals surface area contributed by atoms with E-state index < -0.39 is 0 Å². The van der Waals surface area contributed by atoms with Crippen molar-refractivity contribution in [1.29, 1.82) is 0 Å². The molecule has 0 saturated carbocycles. The maximum absolute atomic E-state index is 5.64. The summed E-state index contributed by atoms with van der Waals surface area (Å²) in [7, 11) is 2.06. The molecule has 0 aromatic carbocycles. The normalized spacial score (nSPS) is 17.5. The van der Waals surface area contributed by atoms with E-state index in [1.165, 1.54) is 0 Å². The van der Waals surface area contributed by atoms with Crippen molar-refractivity contribution >= 4 is 0 Å². The molecular weight excluding hydrogens is 160 g/mol. The first-order valence-electron chi connectivity index (χ1n) is 4.77. The molecular formula is C11H22N2. The van der Waals surface area contributed by atoms with Crippen molar-refractivity contribution in [3.05, 3.63) is 24.0 Å². The van der Waals surface area contributed by atoms with Gasteiger partial charge in [-0.2, -0.15) is 0 Å². The maximum Gasteiger partial charge on any atom is 0.0545 e. The van der Waals surface area contributed by atoms with Crippen LogP contribution in [0.2, 0.25) is 0 Å². The van der Waals surface area contributed by atoms with E-state index in [1.54, 1.807) is 0 Å². The number of likely N-dealkylation sites (N-methyl/N-ethyl adjacent to an activating group) is 1. The van der Waals surface area contributed by atoms with Gasteiger partial charge in [0.15, 0.2) is 0 Å². The van der Waals surface area contributed by atoms with Crippen LogP contribution in [-0.4, -0.2) is 17.5 Å². The van der Waals surface area contributed by atoms with Crippen LogP contribution in [0.15, 0.2) is 24.0 Å². The molecule has 0 fully saturated rings. The molecule has 0 saturated heterocycles. The third kappa shape index (κ3) is 3.53. The SMILES string of the molecule is C/C=C\[C@@](C)(CC)N(C)/C=C(\C)N. The van der Waals surface area contributed by atoms with E-state index in [-0.39, 0.29) is 5.54 Å². The number of hydrogen-bond donors (Lipinski definition) is 1. The molecule has 0 aliphatic heterocycles. The largest absolute Gasteiger partial charge is 0.401 e. The van der Waals surface area contributed by atoms with Crippen LogP contribution in [0.5, 0.6) is 0 Å². The number of allylic oxidation sites excluding steroid dienone is 2. The number of nitrogens with two attached hydrogens (primary N) is 1. The predicted molar refractivity (Wildman–Crippen MR) is 59.2 cm³/mol.